The van der Waals surface area contributed by atoms with Crippen LogP contribution in [0.1, 0.15) is 38.8 Å². The third kappa shape index (κ3) is 3.00. The summed E-state index contributed by atoms with van der Waals surface area (Å²) in [6, 6.07) is 0. The van der Waals surface area contributed by atoms with Gasteiger partial charge in [-0.2, -0.15) is 0 Å². The van der Waals surface area contributed by atoms with Gasteiger partial charge in [0.25, 0.3) is 0 Å². The summed E-state index contributed by atoms with van der Waals surface area (Å²) in [7, 11) is 0. The minimum Gasteiger partial charge on any atom is -0.444 e. The molecule has 4 heteroatoms. The van der Waals surface area contributed by atoms with Gasteiger partial charge < -0.3 is 9.73 Å². The number of oxazole rings is 1. The first-order chi connectivity index (χ1) is 9.00. The Labute approximate surface area is 115 Å². The lowest BCUT2D eigenvalue weighted by Gasteiger charge is -2.41. The summed E-state index contributed by atoms with van der Waals surface area (Å²) in [5, 5.41) is 3.53. The first-order valence-corrected chi connectivity index (χ1v) is 7.39. The maximum atomic E-state index is 5.90. The van der Waals surface area contributed by atoms with E-state index in [0.717, 1.165) is 30.0 Å². The number of fused-ring (bicyclic) bond motifs is 2. The van der Waals surface area contributed by atoms with Crippen LogP contribution in [-0.4, -0.2) is 36.1 Å². The van der Waals surface area contributed by atoms with Crippen LogP contribution in [-0.2, 0) is 12.0 Å². The van der Waals surface area contributed by atoms with Gasteiger partial charge >= 0.3 is 0 Å². The average Bonchev–Trinajstić information content (AvgIpc) is 2.76. The smallest absolute Gasteiger partial charge is 0.208 e. The average molecular weight is 263 g/mol. The van der Waals surface area contributed by atoms with Crippen molar-refractivity contribution in [1.82, 2.24) is 15.2 Å². The molecule has 0 amide bonds. The fourth-order valence-corrected chi connectivity index (χ4v) is 3.26. The van der Waals surface area contributed by atoms with Crippen molar-refractivity contribution in [3.63, 3.8) is 0 Å². The molecule has 4 nitrogen and oxygen atoms in total. The summed E-state index contributed by atoms with van der Waals surface area (Å²) < 4.78 is 5.90. The predicted molar refractivity (Wildman–Crippen MR) is 74.9 cm³/mol. The molecule has 0 saturated carbocycles. The summed E-state index contributed by atoms with van der Waals surface area (Å²) >= 11 is 0. The summed E-state index contributed by atoms with van der Waals surface area (Å²) in [4.78, 5) is 6.96. The second-order valence-electron chi connectivity index (χ2n) is 7.19. The Balaban J connectivity index is 1.63. The lowest BCUT2D eigenvalue weighted by molar-refractivity contribution is 0.0840. The monoisotopic (exact) mass is 263 g/mol. The van der Waals surface area contributed by atoms with Gasteiger partial charge in [0.2, 0.25) is 5.89 Å². The number of likely N-dealkylation sites (tertiary alicyclic amines) is 1. The maximum absolute atomic E-state index is 5.90. The topological polar surface area (TPSA) is 41.3 Å². The van der Waals surface area contributed by atoms with Gasteiger partial charge in [0.1, 0.15) is 5.76 Å². The highest BCUT2D eigenvalue weighted by molar-refractivity contribution is 5.06. The van der Waals surface area contributed by atoms with Crippen LogP contribution in [0.15, 0.2) is 10.6 Å². The fourth-order valence-electron chi connectivity index (χ4n) is 3.26. The van der Waals surface area contributed by atoms with E-state index in [1.807, 2.05) is 6.20 Å². The molecule has 2 bridgehead atoms. The first kappa shape index (κ1) is 13.1. The second-order valence-corrected chi connectivity index (χ2v) is 7.19. The van der Waals surface area contributed by atoms with Gasteiger partial charge in [-0.25, -0.2) is 4.98 Å². The minimum absolute atomic E-state index is 0.0492. The van der Waals surface area contributed by atoms with Crippen molar-refractivity contribution in [2.45, 2.75) is 39.2 Å². The second kappa shape index (κ2) is 4.91. The molecule has 0 aliphatic carbocycles. The number of piperidine rings is 2. The van der Waals surface area contributed by atoms with Crippen LogP contribution < -0.4 is 5.32 Å². The van der Waals surface area contributed by atoms with Crippen LogP contribution >= 0.6 is 0 Å². The molecule has 1 aromatic heterocycles. The molecule has 2 fully saturated rings. The Morgan fingerprint density at radius 1 is 1.32 bits per heavy atom. The number of nitrogens with zero attached hydrogens (tertiary/aromatic N) is 2. The molecule has 2 aliphatic rings. The zero-order valence-electron chi connectivity index (χ0n) is 12.3. The van der Waals surface area contributed by atoms with Gasteiger partial charge in [-0.05, 0) is 31.3 Å². The van der Waals surface area contributed by atoms with Crippen molar-refractivity contribution in [1.29, 1.82) is 0 Å². The fraction of sp³-hybridized carbons (Fsp3) is 0.800. The standard InChI is InChI=1S/C15H25N3O/c1-15(2,3)13-7-17-14(19-13)10-18-8-11-4-12(9-18)6-16-5-11/h7,11-12,16H,4-6,8-10H2,1-3H3/t11-,12+. The maximum Gasteiger partial charge on any atom is 0.208 e. The van der Waals surface area contributed by atoms with Crippen molar-refractivity contribution in [3.05, 3.63) is 17.8 Å². The van der Waals surface area contributed by atoms with E-state index >= 15 is 0 Å². The van der Waals surface area contributed by atoms with E-state index in [0.29, 0.717) is 0 Å². The quantitative estimate of drug-likeness (QED) is 0.886. The van der Waals surface area contributed by atoms with Crippen LogP contribution in [0.25, 0.3) is 0 Å². The Morgan fingerprint density at radius 2 is 2.00 bits per heavy atom. The highest BCUT2D eigenvalue weighted by atomic mass is 16.4. The van der Waals surface area contributed by atoms with E-state index in [-0.39, 0.29) is 5.41 Å². The van der Waals surface area contributed by atoms with E-state index in [2.05, 4.69) is 36.0 Å². The lowest BCUT2D eigenvalue weighted by Crippen LogP contribution is -2.50. The van der Waals surface area contributed by atoms with Crippen LogP contribution in [0.2, 0.25) is 0 Å². The molecule has 1 N–H and O–H groups in total. The molecule has 106 valence electrons. The van der Waals surface area contributed by atoms with E-state index in [4.69, 9.17) is 4.42 Å². The number of hydrogen-bond acceptors (Lipinski definition) is 4. The van der Waals surface area contributed by atoms with E-state index in [1.54, 1.807) is 0 Å². The Hall–Kier alpha value is -0.870. The third-order valence-corrected chi connectivity index (χ3v) is 4.22. The van der Waals surface area contributed by atoms with Crippen LogP contribution in [0.4, 0.5) is 0 Å². The summed E-state index contributed by atoms with van der Waals surface area (Å²) in [6.45, 7) is 12.0. The normalized spacial score (nSPS) is 28.6. The summed E-state index contributed by atoms with van der Waals surface area (Å²) in [5.41, 5.74) is 0.0492. The number of nitrogens with one attached hydrogen (secondary N) is 1. The predicted octanol–water partition coefficient (Wildman–Crippen LogP) is 2.01. The minimum atomic E-state index is 0.0492. The van der Waals surface area contributed by atoms with Crippen molar-refractivity contribution in [2.75, 3.05) is 26.2 Å². The molecule has 2 aliphatic heterocycles. The molecule has 0 radical (unpaired) electrons. The van der Waals surface area contributed by atoms with Gasteiger partial charge in [-0.15, -0.1) is 0 Å². The molecule has 3 rings (SSSR count). The van der Waals surface area contributed by atoms with Crippen molar-refractivity contribution >= 4 is 0 Å². The first-order valence-electron chi connectivity index (χ1n) is 7.39. The zero-order valence-corrected chi connectivity index (χ0v) is 12.3. The van der Waals surface area contributed by atoms with Gasteiger partial charge in [0, 0.05) is 18.5 Å². The van der Waals surface area contributed by atoms with Crippen molar-refractivity contribution in [3.8, 4) is 0 Å². The van der Waals surface area contributed by atoms with E-state index < -0.39 is 0 Å². The highest BCUT2D eigenvalue weighted by Gasteiger charge is 2.31. The van der Waals surface area contributed by atoms with Crippen molar-refractivity contribution < 1.29 is 4.42 Å². The Morgan fingerprint density at radius 3 is 2.58 bits per heavy atom. The highest BCUT2D eigenvalue weighted by Crippen LogP contribution is 2.27. The summed E-state index contributed by atoms with van der Waals surface area (Å²) in [6.07, 6.45) is 3.28. The molecule has 1 aromatic rings. The molecule has 3 heterocycles. The molecule has 19 heavy (non-hydrogen) atoms. The Bertz CT molecular complexity index is 423. The zero-order chi connectivity index (χ0) is 13.5. The lowest BCUT2D eigenvalue weighted by atomic mass is 9.86. The van der Waals surface area contributed by atoms with Gasteiger partial charge in [0.05, 0.1) is 12.7 Å². The molecular weight excluding hydrogens is 238 g/mol. The molecule has 0 spiro atoms. The van der Waals surface area contributed by atoms with E-state index in [1.165, 1.54) is 32.6 Å². The van der Waals surface area contributed by atoms with Crippen LogP contribution in [0, 0.1) is 11.8 Å². The third-order valence-electron chi connectivity index (χ3n) is 4.22. The molecule has 2 atom stereocenters. The van der Waals surface area contributed by atoms with Gasteiger partial charge in [-0.1, -0.05) is 20.8 Å². The van der Waals surface area contributed by atoms with Crippen LogP contribution in [0.3, 0.4) is 0 Å². The van der Waals surface area contributed by atoms with Crippen LogP contribution in [0.5, 0.6) is 0 Å². The summed E-state index contributed by atoms with van der Waals surface area (Å²) in [5.74, 6) is 3.48. The number of hydrogen-bond donors (Lipinski definition) is 1. The van der Waals surface area contributed by atoms with Gasteiger partial charge in [0.15, 0.2) is 0 Å². The Kier molecular flexibility index (Phi) is 3.39. The van der Waals surface area contributed by atoms with E-state index in [9.17, 15) is 0 Å². The molecule has 0 unspecified atom stereocenters. The van der Waals surface area contributed by atoms with Crippen molar-refractivity contribution in [2.24, 2.45) is 11.8 Å². The molecule has 0 aromatic carbocycles. The number of rotatable bonds is 2. The van der Waals surface area contributed by atoms with Gasteiger partial charge in [-0.3, -0.25) is 4.90 Å². The molecule has 2 saturated heterocycles. The molecular formula is C15H25N3O. The number of aromatic nitrogens is 1. The SMILES string of the molecule is CC(C)(C)c1cnc(CN2C[C@@H]3CNC[C@@H](C3)C2)o1. The largest absolute Gasteiger partial charge is 0.444 e.